The van der Waals surface area contributed by atoms with Crippen LogP contribution < -0.4 is 14.8 Å². The number of amides is 3. The maximum absolute atomic E-state index is 13.1. The molecule has 11 heteroatoms. The lowest BCUT2D eigenvalue weighted by molar-refractivity contribution is -0.137. The summed E-state index contributed by atoms with van der Waals surface area (Å²) >= 11 is 0.671. The molecule has 0 radical (unpaired) electrons. The Hall–Kier alpha value is -3.99. The van der Waals surface area contributed by atoms with Gasteiger partial charge in [0, 0.05) is 5.39 Å². The Morgan fingerprint density at radius 3 is 2.33 bits per heavy atom. The van der Waals surface area contributed by atoms with Crippen molar-refractivity contribution < 1.29 is 37.0 Å². The van der Waals surface area contributed by atoms with Crippen molar-refractivity contribution in [2.45, 2.75) is 6.18 Å². The number of hydrogen-bond donors (Lipinski definition) is 1. The fourth-order valence-corrected chi connectivity index (χ4v) is 4.52. The Balaban J connectivity index is 1.55. The second-order valence-corrected chi connectivity index (χ2v) is 8.62. The summed E-state index contributed by atoms with van der Waals surface area (Å²) in [7, 11) is 2.79. The highest BCUT2D eigenvalue weighted by molar-refractivity contribution is 8.18. The molecule has 3 aromatic rings. The zero-order chi connectivity index (χ0) is 26.0. The first-order chi connectivity index (χ1) is 17.1. The number of benzene rings is 3. The minimum atomic E-state index is -4.63. The van der Waals surface area contributed by atoms with E-state index in [9.17, 15) is 27.6 Å². The van der Waals surface area contributed by atoms with E-state index in [1.807, 2.05) is 24.3 Å². The standard InChI is InChI=1S/C25H19F3N2O5S/c1-34-19-9-7-14(16-5-3-4-6-17(16)19)11-21-23(32)30(24(33)36-21)13-22(31)29-18-12-15(25(26,27)28)8-10-20(18)35-2/h3-12H,13H2,1-2H3,(H,29,31). The number of imide groups is 1. The van der Waals surface area contributed by atoms with Crippen LogP contribution in [0.15, 0.2) is 59.5 Å². The molecular formula is C25H19F3N2O5S. The second kappa shape index (κ2) is 9.94. The minimum Gasteiger partial charge on any atom is -0.496 e. The summed E-state index contributed by atoms with van der Waals surface area (Å²) in [6, 6.07) is 13.5. The molecule has 1 aliphatic rings. The van der Waals surface area contributed by atoms with Crippen molar-refractivity contribution in [1.82, 2.24) is 4.90 Å². The van der Waals surface area contributed by atoms with E-state index in [-0.39, 0.29) is 16.3 Å². The second-order valence-electron chi connectivity index (χ2n) is 7.63. The Kier molecular flexibility index (Phi) is 6.93. The molecular weight excluding hydrogens is 497 g/mol. The number of alkyl halides is 3. The monoisotopic (exact) mass is 516 g/mol. The van der Waals surface area contributed by atoms with Crippen LogP contribution in [0.4, 0.5) is 23.7 Å². The molecule has 0 spiro atoms. The Bertz CT molecular complexity index is 1400. The highest BCUT2D eigenvalue weighted by atomic mass is 32.2. The zero-order valence-corrected chi connectivity index (χ0v) is 19.8. The molecule has 0 saturated carbocycles. The molecule has 1 fully saturated rings. The summed E-state index contributed by atoms with van der Waals surface area (Å²) in [5.41, 5.74) is -0.543. The number of ether oxygens (including phenoxy) is 2. The average molecular weight is 516 g/mol. The van der Waals surface area contributed by atoms with Crippen molar-refractivity contribution in [3.8, 4) is 11.5 Å². The van der Waals surface area contributed by atoms with Gasteiger partial charge in [-0.25, -0.2) is 0 Å². The van der Waals surface area contributed by atoms with E-state index in [1.165, 1.54) is 7.11 Å². The highest BCUT2D eigenvalue weighted by Gasteiger charge is 2.37. The average Bonchev–Trinajstić information content (AvgIpc) is 3.10. The van der Waals surface area contributed by atoms with Gasteiger partial charge in [-0.2, -0.15) is 13.2 Å². The number of nitrogens with one attached hydrogen (secondary N) is 1. The van der Waals surface area contributed by atoms with Crippen LogP contribution >= 0.6 is 11.8 Å². The summed E-state index contributed by atoms with van der Waals surface area (Å²) in [6.45, 7) is -0.676. The molecule has 0 aliphatic carbocycles. The quantitative estimate of drug-likeness (QED) is 0.433. The molecule has 3 amide bonds. The van der Waals surface area contributed by atoms with Crippen LogP contribution in [0, 0.1) is 0 Å². The fourth-order valence-electron chi connectivity index (χ4n) is 3.69. The van der Waals surface area contributed by atoms with Gasteiger partial charge in [0.05, 0.1) is 30.4 Å². The van der Waals surface area contributed by atoms with Gasteiger partial charge >= 0.3 is 6.18 Å². The van der Waals surface area contributed by atoms with Crippen molar-refractivity contribution in [1.29, 1.82) is 0 Å². The summed E-state index contributed by atoms with van der Waals surface area (Å²) < 4.78 is 49.6. The lowest BCUT2D eigenvalue weighted by Crippen LogP contribution is -2.36. The molecule has 36 heavy (non-hydrogen) atoms. The van der Waals surface area contributed by atoms with Crippen molar-refractivity contribution in [3.05, 3.63) is 70.6 Å². The number of carbonyl (C=O) groups excluding carboxylic acids is 3. The van der Waals surface area contributed by atoms with Gasteiger partial charge in [0.1, 0.15) is 18.0 Å². The summed E-state index contributed by atoms with van der Waals surface area (Å²) in [5.74, 6) is -0.892. The largest absolute Gasteiger partial charge is 0.496 e. The van der Waals surface area contributed by atoms with E-state index in [4.69, 9.17) is 9.47 Å². The Morgan fingerprint density at radius 1 is 1.00 bits per heavy atom. The van der Waals surface area contributed by atoms with E-state index in [0.717, 1.165) is 33.9 Å². The molecule has 1 heterocycles. The maximum atomic E-state index is 13.1. The van der Waals surface area contributed by atoms with Crippen molar-refractivity contribution in [2.75, 3.05) is 26.1 Å². The number of thioether (sulfide) groups is 1. The smallest absolute Gasteiger partial charge is 0.416 e. The number of anilines is 1. The van der Waals surface area contributed by atoms with Crippen LogP contribution in [0.2, 0.25) is 0 Å². The molecule has 186 valence electrons. The lowest BCUT2D eigenvalue weighted by atomic mass is 10.0. The first-order valence-corrected chi connectivity index (χ1v) is 11.3. The number of fused-ring (bicyclic) bond motifs is 1. The number of nitrogens with zero attached hydrogens (tertiary/aromatic N) is 1. The van der Waals surface area contributed by atoms with Crippen molar-refractivity contribution in [2.24, 2.45) is 0 Å². The summed E-state index contributed by atoms with van der Waals surface area (Å²) in [4.78, 5) is 38.8. The third-order valence-electron chi connectivity index (χ3n) is 5.40. The minimum absolute atomic E-state index is 0.00299. The van der Waals surface area contributed by atoms with Gasteiger partial charge in [0.25, 0.3) is 11.1 Å². The SMILES string of the molecule is COc1ccc(C(F)(F)F)cc1NC(=O)CN1C(=O)SC(=Cc2ccc(OC)c3ccccc23)C1=O. The van der Waals surface area contributed by atoms with Crippen molar-refractivity contribution >= 4 is 51.4 Å². The van der Waals surface area contributed by atoms with E-state index < -0.39 is 35.3 Å². The number of halogens is 3. The molecule has 1 N–H and O–H groups in total. The molecule has 1 saturated heterocycles. The summed E-state index contributed by atoms with van der Waals surface area (Å²) in [5, 5.41) is 3.24. The van der Waals surface area contributed by atoms with Gasteiger partial charge in [0.15, 0.2) is 0 Å². The molecule has 7 nitrogen and oxygen atoms in total. The predicted molar refractivity (Wildman–Crippen MR) is 130 cm³/mol. The van der Waals surface area contributed by atoms with Crippen LogP contribution in [0.3, 0.4) is 0 Å². The maximum Gasteiger partial charge on any atom is 0.416 e. The normalized spacial score (nSPS) is 15.0. The lowest BCUT2D eigenvalue weighted by Gasteiger charge is -2.16. The fraction of sp³-hybridized carbons (Fsp3) is 0.160. The third kappa shape index (κ3) is 5.01. The van der Waals surface area contributed by atoms with E-state index in [0.29, 0.717) is 23.1 Å². The molecule has 0 atom stereocenters. The number of carbonyl (C=O) groups is 3. The van der Waals surface area contributed by atoms with Gasteiger partial charge in [0.2, 0.25) is 5.91 Å². The zero-order valence-electron chi connectivity index (χ0n) is 19.0. The van der Waals surface area contributed by atoms with Gasteiger partial charge in [-0.15, -0.1) is 0 Å². The predicted octanol–water partition coefficient (Wildman–Crippen LogP) is 5.55. The van der Waals surface area contributed by atoms with Gasteiger partial charge in [-0.05, 0) is 53.1 Å². The van der Waals surface area contributed by atoms with Crippen LogP contribution in [0.25, 0.3) is 16.8 Å². The highest BCUT2D eigenvalue weighted by Crippen LogP contribution is 2.37. The number of hydrogen-bond acceptors (Lipinski definition) is 6. The molecule has 1 aliphatic heterocycles. The first kappa shape index (κ1) is 25.1. The first-order valence-electron chi connectivity index (χ1n) is 10.5. The third-order valence-corrected chi connectivity index (χ3v) is 6.31. The topological polar surface area (TPSA) is 84.9 Å². The molecule has 0 aromatic heterocycles. The molecule has 3 aromatic carbocycles. The van der Waals surface area contributed by atoms with E-state index >= 15 is 0 Å². The number of rotatable bonds is 6. The van der Waals surface area contributed by atoms with Gasteiger partial charge in [-0.3, -0.25) is 19.3 Å². The molecule has 0 unspecified atom stereocenters. The van der Waals surface area contributed by atoms with Crippen LogP contribution in [-0.2, 0) is 15.8 Å². The van der Waals surface area contributed by atoms with Gasteiger partial charge < -0.3 is 14.8 Å². The Morgan fingerprint density at radius 2 is 1.67 bits per heavy atom. The number of methoxy groups -OCH3 is 2. The van der Waals surface area contributed by atoms with Crippen molar-refractivity contribution in [3.63, 3.8) is 0 Å². The molecule has 4 rings (SSSR count). The van der Waals surface area contributed by atoms with E-state index in [2.05, 4.69) is 5.32 Å². The van der Waals surface area contributed by atoms with Crippen LogP contribution in [-0.4, -0.2) is 42.7 Å². The summed E-state index contributed by atoms with van der Waals surface area (Å²) in [6.07, 6.45) is -3.07. The van der Waals surface area contributed by atoms with Crippen LogP contribution in [0.1, 0.15) is 11.1 Å². The molecule has 0 bridgehead atoms. The van der Waals surface area contributed by atoms with Gasteiger partial charge in [-0.1, -0.05) is 30.3 Å². The Labute approximate surface area is 207 Å². The van der Waals surface area contributed by atoms with E-state index in [1.54, 1.807) is 25.3 Å². The van der Waals surface area contributed by atoms with Crippen LogP contribution in [0.5, 0.6) is 11.5 Å².